The quantitative estimate of drug-likeness (QED) is 0.405. The molecular formula is C19H20ClF3N4S. The van der Waals surface area contributed by atoms with Gasteiger partial charge in [-0.25, -0.2) is 13.8 Å². The molecule has 0 unspecified atom stereocenters. The van der Waals surface area contributed by atoms with Crippen molar-refractivity contribution in [1.82, 2.24) is 9.88 Å². The first kappa shape index (κ1) is 19.7. The summed E-state index contributed by atoms with van der Waals surface area (Å²) in [4.78, 5) is 7.51. The van der Waals surface area contributed by atoms with Crippen molar-refractivity contribution >= 4 is 35.1 Å². The molecule has 0 atom stereocenters. The van der Waals surface area contributed by atoms with Gasteiger partial charge in [-0.3, -0.25) is 0 Å². The second-order valence-corrected chi connectivity index (χ2v) is 9.01. The number of nitrogens with zero attached hydrogens (tertiary/aromatic N) is 3. The van der Waals surface area contributed by atoms with E-state index < -0.39 is 17.6 Å². The molecule has 3 fully saturated rings. The molecule has 2 saturated heterocycles. The SMILES string of the molecule is CN(C)CC12CC(C1)N(c1cc(F)c(SNc3cccc(F)n3)c(F)c1Cl)C2. The van der Waals surface area contributed by atoms with Gasteiger partial charge in [0.1, 0.15) is 21.6 Å². The summed E-state index contributed by atoms with van der Waals surface area (Å²) >= 11 is 6.96. The van der Waals surface area contributed by atoms with E-state index in [2.05, 4.69) is 14.6 Å². The lowest BCUT2D eigenvalue weighted by molar-refractivity contribution is 0.141. The summed E-state index contributed by atoms with van der Waals surface area (Å²) in [5.74, 6) is -2.05. The number of hydrogen-bond acceptors (Lipinski definition) is 5. The van der Waals surface area contributed by atoms with E-state index in [1.807, 2.05) is 19.0 Å². The van der Waals surface area contributed by atoms with Crippen LogP contribution < -0.4 is 9.62 Å². The van der Waals surface area contributed by atoms with Crippen LogP contribution >= 0.6 is 23.5 Å². The molecule has 2 bridgehead atoms. The van der Waals surface area contributed by atoms with Gasteiger partial charge in [0.25, 0.3) is 0 Å². The molecule has 0 amide bonds. The largest absolute Gasteiger partial charge is 0.367 e. The van der Waals surface area contributed by atoms with E-state index in [9.17, 15) is 13.2 Å². The molecule has 5 rings (SSSR count). The number of aromatic nitrogens is 1. The topological polar surface area (TPSA) is 31.4 Å². The van der Waals surface area contributed by atoms with Gasteiger partial charge in [0.2, 0.25) is 5.95 Å². The average molecular weight is 429 g/mol. The third-order valence-corrected chi connectivity index (χ3v) is 6.56. The minimum atomic E-state index is -0.823. The van der Waals surface area contributed by atoms with Crippen LogP contribution in [0.15, 0.2) is 29.2 Å². The highest BCUT2D eigenvalue weighted by molar-refractivity contribution is 8.00. The Morgan fingerprint density at radius 3 is 2.75 bits per heavy atom. The Morgan fingerprint density at radius 1 is 1.32 bits per heavy atom. The van der Waals surface area contributed by atoms with E-state index in [-0.39, 0.29) is 27.2 Å². The highest BCUT2D eigenvalue weighted by Gasteiger charge is 2.55. The van der Waals surface area contributed by atoms with Crippen LogP contribution in [0.5, 0.6) is 0 Å². The molecule has 9 heteroatoms. The summed E-state index contributed by atoms with van der Waals surface area (Å²) in [7, 11) is 4.06. The highest BCUT2D eigenvalue weighted by atomic mass is 35.5. The lowest BCUT2D eigenvalue weighted by Gasteiger charge is -2.39. The maximum Gasteiger partial charge on any atom is 0.214 e. The Hall–Kier alpha value is -1.64. The van der Waals surface area contributed by atoms with Crippen molar-refractivity contribution < 1.29 is 13.2 Å². The third-order valence-electron chi connectivity index (χ3n) is 5.31. The van der Waals surface area contributed by atoms with Gasteiger partial charge in [-0.15, -0.1) is 0 Å². The zero-order valence-corrected chi connectivity index (χ0v) is 17.0. The molecule has 1 saturated carbocycles. The molecule has 3 heterocycles. The van der Waals surface area contributed by atoms with Crippen LogP contribution in [0.4, 0.5) is 24.7 Å². The van der Waals surface area contributed by atoms with E-state index >= 15 is 0 Å². The van der Waals surface area contributed by atoms with Crippen LogP contribution in [0.1, 0.15) is 12.8 Å². The van der Waals surface area contributed by atoms with Crippen LogP contribution in [0.2, 0.25) is 5.02 Å². The third kappa shape index (κ3) is 3.53. The van der Waals surface area contributed by atoms with E-state index in [4.69, 9.17) is 11.6 Å². The van der Waals surface area contributed by atoms with Gasteiger partial charge in [0, 0.05) is 30.6 Å². The van der Waals surface area contributed by atoms with Gasteiger partial charge in [-0.2, -0.15) is 4.39 Å². The molecule has 0 radical (unpaired) electrons. The lowest BCUT2D eigenvalue weighted by atomic mass is 9.70. The average Bonchev–Trinajstić information content (AvgIpc) is 3.12. The van der Waals surface area contributed by atoms with Crippen LogP contribution in [-0.4, -0.2) is 43.1 Å². The number of rotatable bonds is 6. The number of pyridine rings is 1. The second-order valence-electron chi connectivity index (χ2n) is 7.81. The van der Waals surface area contributed by atoms with Crippen LogP contribution in [0.25, 0.3) is 0 Å². The number of anilines is 2. The van der Waals surface area contributed by atoms with Crippen molar-refractivity contribution in [2.75, 3.05) is 36.8 Å². The van der Waals surface area contributed by atoms with Crippen molar-refractivity contribution in [3.8, 4) is 0 Å². The fourth-order valence-corrected chi connectivity index (χ4v) is 5.33. The Morgan fingerprint density at radius 2 is 2.07 bits per heavy atom. The van der Waals surface area contributed by atoms with Crippen molar-refractivity contribution in [3.05, 3.63) is 46.9 Å². The molecule has 1 aliphatic carbocycles. The minimum Gasteiger partial charge on any atom is -0.367 e. The summed E-state index contributed by atoms with van der Waals surface area (Å²) in [6.07, 6.45) is 2.02. The van der Waals surface area contributed by atoms with E-state index in [0.29, 0.717) is 17.6 Å². The molecule has 150 valence electrons. The summed E-state index contributed by atoms with van der Waals surface area (Å²) in [6.45, 7) is 1.69. The standard InChI is InChI=1S/C19H20ClF3N4S/c1-26(2)9-19-7-11(8-19)27(10-19)13-6-12(21)18(17(23)16(13)20)28-25-15-5-3-4-14(22)24-15/h3-6,11H,7-10H2,1-2H3,(H,24,25). The molecule has 1 aromatic carbocycles. The predicted molar refractivity (Wildman–Crippen MR) is 106 cm³/mol. The first-order valence-electron chi connectivity index (χ1n) is 8.92. The molecule has 4 nitrogen and oxygen atoms in total. The van der Waals surface area contributed by atoms with Crippen molar-refractivity contribution in [1.29, 1.82) is 0 Å². The first-order valence-corrected chi connectivity index (χ1v) is 10.1. The number of halogens is 4. The molecule has 1 N–H and O–H groups in total. The smallest absolute Gasteiger partial charge is 0.214 e. The molecule has 2 aliphatic heterocycles. The fraction of sp³-hybridized carbons (Fsp3) is 0.421. The number of nitrogens with one attached hydrogen (secondary N) is 1. The Bertz CT molecular complexity index is 905. The van der Waals surface area contributed by atoms with Crippen LogP contribution in [0.3, 0.4) is 0 Å². The number of benzene rings is 1. The van der Waals surface area contributed by atoms with Gasteiger partial charge >= 0.3 is 0 Å². The summed E-state index contributed by atoms with van der Waals surface area (Å²) in [6, 6.07) is 5.70. The minimum absolute atomic E-state index is 0.0922. The molecule has 1 aromatic heterocycles. The fourth-order valence-electron chi connectivity index (χ4n) is 4.35. The molecule has 2 aromatic rings. The second kappa shape index (κ2) is 7.31. The van der Waals surface area contributed by atoms with Crippen molar-refractivity contribution in [2.24, 2.45) is 5.41 Å². The first-order chi connectivity index (χ1) is 13.3. The van der Waals surface area contributed by atoms with Gasteiger partial charge in [-0.05, 0) is 51.0 Å². The number of hydrogen-bond donors (Lipinski definition) is 1. The summed E-state index contributed by atoms with van der Waals surface area (Å²) < 4.78 is 45.3. The molecule has 0 spiro atoms. The lowest BCUT2D eigenvalue weighted by Crippen LogP contribution is -2.41. The van der Waals surface area contributed by atoms with Gasteiger partial charge in [0.15, 0.2) is 5.82 Å². The van der Waals surface area contributed by atoms with Crippen molar-refractivity contribution in [2.45, 2.75) is 23.8 Å². The van der Waals surface area contributed by atoms with E-state index in [1.165, 1.54) is 24.3 Å². The van der Waals surface area contributed by atoms with E-state index in [0.717, 1.165) is 25.9 Å². The van der Waals surface area contributed by atoms with Gasteiger partial charge in [0.05, 0.1) is 5.69 Å². The number of fused-ring (bicyclic) bond motifs is 1. The van der Waals surface area contributed by atoms with Crippen LogP contribution in [0, 0.1) is 23.0 Å². The summed E-state index contributed by atoms with van der Waals surface area (Å²) in [5, 5.41) is -0.0922. The Balaban J connectivity index is 1.54. The normalized spacial score (nSPS) is 23.2. The van der Waals surface area contributed by atoms with E-state index in [1.54, 1.807) is 0 Å². The zero-order chi connectivity index (χ0) is 20.1. The van der Waals surface area contributed by atoms with Gasteiger partial charge < -0.3 is 14.5 Å². The van der Waals surface area contributed by atoms with Gasteiger partial charge in [-0.1, -0.05) is 17.7 Å². The van der Waals surface area contributed by atoms with Crippen molar-refractivity contribution in [3.63, 3.8) is 0 Å². The van der Waals surface area contributed by atoms with Crippen LogP contribution in [-0.2, 0) is 0 Å². The Labute approximate surface area is 171 Å². The highest BCUT2D eigenvalue weighted by Crippen LogP contribution is 2.55. The maximum absolute atomic E-state index is 14.8. The Kier molecular flexibility index (Phi) is 5.14. The monoisotopic (exact) mass is 428 g/mol. The molecular weight excluding hydrogens is 409 g/mol. The molecule has 3 aliphatic rings. The maximum atomic E-state index is 14.8. The molecule has 28 heavy (non-hydrogen) atoms. The summed E-state index contributed by atoms with van der Waals surface area (Å²) in [5.41, 5.74) is 0.565. The zero-order valence-electron chi connectivity index (χ0n) is 15.5. The predicted octanol–water partition coefficient (Wildman–Crippen LogP) is 4.80.